The number of benzene rings is 1. The zero-order valence-electron chi connectivity index (χ0n) is 15.0. The Balaban J connectivity index is 1.77. The molecule has 1 aromatic rings. The van der Waals surface area contributed by atoms with Crippen LogP contribution in [-0.4, -0.2) is 46.2 Å². The van der Waals surface area contributed by atoms with Gasteiger partial charge in [-0.3, -0.25) is 9.69 Å². The van der Waals surface area contributed by atoms with Crippen LogP contribution in [0.5, 0.6) is 0 Å². The van der Waals surface area contributed by atoms with Gasteiger partial charge in [-0.2, -0.15) is 0 Å². The normalized spacial score (nSPS) is 23.0. The van der Waals surface area contributed by atoms with Gasteiger partial charge in [-0.1, -0.05) is 18.9 Å². The lowest BCUT2D eigenvalue weighted by Crippen LogP contribution is -2.29. The molecule has 1 aromatic carbocycles. The van der Waals surface area contributed by atoms with Crippen LogP contribution in [0.15, 0.2) is 12.1 Å². The maximum Gasteiger partial charge on any atom is 0.451 e. The number of aliphatic carboxylic acids is 1. The fraction of sp³-hybridized carbons (Fsp3) is 0.632. The van der Waals surface area contributed by atoms with E-state index in [1.165, 1.54) is 12.5 Å². The van der Waals surface area contributed by atoms with E-state index < -0.39 is 19.0 Å². The van der Waals surface area contributed by atoms with Gasteiger partial charge < -0.3 is 15.2 Å². The molecule has 2 atom stereocenters. The van der Waals surface area contributed by atoms with Gasteiger partial charge in [-0.25, -0.2) is 4.39 Å². The Morgan fingerprint density at radius 3 is 2.62 bits per heavy atom. The summed E-state index contributed by atoms with van der Waals surface area (Å²) in [6, 6.07) is 3.28. The maximum atomic E-state index is 14.6. The van der Waals surface area contributed by atoms with E-state index in [1.807, 2.05) is 0 Å². The van der Waals surface area contributed by atoms with Crippen molar-refractivity contribution in [1.82, 2.24) is 4.90 Å². The topological polar surface area (TPSA) is 81.0 Å². The smallest absolute Gasteiger partial charge is 0.451 e. The molecule has 1 aliphatic carbocycles. The van der Waals surface area contributed by atoms with Crippen molar-refractivity contribution in [3.63, 3.8) is 0 Å². The average molecular weight is 363 g/mol. The third-order valence-electron chi connectivity index (χ3n) is 5.74. The second-order valence-corrected chi connectivity index (χ2v) is 7.67. The van der Waals surface area contributed by atoms with Crippen molar-refractivity contribution in [2.24, 2.45) is 5.92 Å². The first kappa shape index (κ1) is 19.3. The van der Waals surface area contributed by atoms with Gasteiger partial charge in [0.15, 0.2) is 0 Å². The van der Waals surface area contributed by atoms with Gasteiger partial charge in [0.1, 0.15) is 5.82 Å². The minimum atomic E-state index is -1.37. The van der Waals surface area contributed by atoms with E-state index >= 15 is 0 Å². The summed E-state index contributed by atoms with van der Waals surface area (Å²) in [5.41, 5.74) is 2.11. The van der Waals surface area contributed by atoms with Gasteiger partial charge >= 0.3 is 13.1 Å². The van der Waals surface area contributed by atoms with E-state index in [-0.39, 0.29) is 18.1 Å². The Morgan fingerprint density at radius 2 is 1.96 bits per heavy atom. The summed E-state index contributed by atoms with van der Waals surface area (Å²) in [6.45, 7) is 2.46. The molecule has 1 saturated heterocycles. The molecule has 0 spiro atoms. The minimum Gasteiger partial charge on any atom is -0.481 e. The summed E-state index contributed by atoms with van der Waals surface area (Å²) in [4.78, 5) is 14.1. The van der Waals surface area contributed by atoms with Crippen LogP contribution in [0.25, 0.3) is 0 Å². The predicted octanol–water partition coefficient (Wildman–Crippen LogP) is 2.41. The number of likely N-dealkylation sites (tertiary alicyclic amines) is 1. The van der Waals surface area contributed by atoms with Gasteiger partial charge in [-0.05, 0) is 68.2 Å². The predicted molar refractivity (Wildman–Crippen MR) is 97.3 cm³/mol. The summed E-state index contributed by atoms with van der Waals surface area (Å²) >= 11 is 0. The van der Waals surface area contributed by atoms with Crippen LogP contribution in [0.3, 0.4) is 0 Å². The number of rotatable bonds is 7. The standard InChI is InChI=1S/C19H27BFNO4/c21-17-11-14-9-13(5-4-6-20(25)26)18(19(23)24)16(14)10-15(17)12-22-7-2-1-3-8-22/h10-11,13,18,25-26H,1-9,12H2,(H,23,24). The quantitative estimate of drug-likeness (QED) is 0.649. The van der Waals surface area contributed by atoms with E-state index in [9.17, 15) is 14.3 Å². The number of hydrogen-bond donors (Lipinski definition) is 3. The van der Waals surface area contributed by atoms with E-state index in [0.29, 0.717) is 31.4 Å². The highest BCUT2D eigenvalue weighted by Gasteiger charge is 2.38. The summed E-state index contributed by atoms with van der Waals surface area (Å²) in [6.07, 6.45) is 5.37. The molecule has 3 rings (SSSR count). The van der Waals surface area contributed by atoms with Crippen LogP contribution in [0.2, 0.25) is 6.32 Å². The zero-order chi connectivity index (χ0) is 18.7. The van der Waals surface area contributed by atoms with Crippen molar-refractivity contribution in [2.75, 3.05) is 13.1 Å². The summed E-state index contributed by atoms with van der Waals surface area (Å²) in [7, 11) is -1.37. The van der Waals surface area contributed by atoms with Crippen molar-refractivity contribution in [1.29, 1.82) is 0 Å². The lowest BCUT2D eigenvalue weighted by molar-refractivity contribution is -0.139. The molecular weight excluding hydrogens is 336 g/mol. The first-order valence-corrected chi connectivity index (χ1v) is 9.58. The molecule has 5 nitrogen and oxygen atoms in total. The van der Waals surface area contributed by atoms with Crippen LogP contribution < -0.4 is 0 Å². The number of halogens is 1. The van der Waals surface area contributed by atoms with Crippen LogP contribution in [-0.2, 0) is 17.8 Å². The number of piperidine rings is 1. The van der Waals surface area contributed by atoms with Gasteiger partial charge in [-0.15, -0.1) is 0 Å². The average Bonchev–Trinajstić information content (AvgIpc) is 2.93. The van der Waals surface area contributed by atoms with Crippen molar-refractivity contribution < 1.29 is 24.3 Å². The molecule has 2 aliphatic rings. The van der Waals surface area contributed by atoms with Crippen LogP contribution in [0, 0.1) is 11.7 Å². The van der Waals surface area contributed by atoms with E-state index in [2.05, 4.69) is 4.90 Å². The third kappa shape index (κ3) is 4.45. The van der Waals surface area contributed by atoms with Crippen LogP contribution >= 0.6 is 0 Å². The maximum absolute atomic E-state index is 14.6. The van der Waals surface area contributed by atoms with E-state index in [4.69, 9.17) is 10.0 Å². The highest BCUT2D eigenvalue weighted by Crippen LogP contribution is 2.42. The Labute approximate surface area is 154 Å². The Morgan fingerprint density at radius 1 is 1.23 bits per heavy atom. The fourth-order valence-corrected chi connectivity index (χ4v) is 4.44. The first-order chi connectivity index (χ1) is 12.5. The molecule has 0 radical (unpaired) electrons. The molecule has 142 valence electrons. The van der Waals surface area contributed by atoms with Crippen LogP contribution in [0.4, 0.5) is 4.39 Å². The van der Waals surface area contributed by atoms with E-state index in [0.717, 1.165) is 37.1 Å². The molecule has 1 aliphatic heterocycles. The molecule has 1 fully saturated rings. The number of fused-ring (bicyclic) bond motifs is 1. The fourth-order valence-electron chi connectivity index (χ4n) is 4.44. The minimum absolute atomic E-state index is 0.120. The molecule has 2 unspecified atom stereocenters. The largest absolute Gasteiger partial charge is 0.481 e. The molecule has 1 heterocycles. The Hall–Kier alpha value is -1.44. The molecule has 0 saturated carbocycles. The zero-order valence-corrected chi connectivity index (χ0v) is 15.0. The first-order valence-electron chi connectivity index (χ1n) is 9.58. The number of carbonyl (C=O) groups is 1. The Bertz CT molecular complexity index is 649. The van der Waals surface area contributed by atoms with Crippen molar-refractivity contribution in [3.8, 4) is 0 Å². The number of hydrogen-bond acceptors (Lipinski definition) is 4. The molecule has 0 amide bonds. The van der Waals surface area contributed by atoms with Crippen molar-refractivity contribution in [2.45, 2.75) is 57.3 Å². The lowest BCUT2D eigenvalue weighted by Gasteiger charge is -2.27. The van der Waals surface area contributed by atoms with Crippen molar-refractivity contribution in [3.05, 3.63) is 34.6 Å². The molecule has 7 heteroatoms. The van der Waals surface area contributed by atoms with Crippen molar-refractivity contribution >= 4 is 13.1 Å². The SMILES string of the molecule is O=C(O)C1c2cc(CN3CCCCC3)c(F)cc2CC1CCCB(O)O. The summed E-state index contributed by atoms with van der Waals surface area (Å²) < 4.78 is 14.6. The van der Waals surface area contributed by atoms with Gasteiger partial charge in [0.2, 0.25) is 0 Å². The summed E-state index contributed by atoms with van der Waals surface area (Å²) in [5.74, 6) is -1.88. The molecule has 3 N–H and O–H groups in total. The van der Waals surface area contributed by atoms with Crippen LogP contribution in [0.1, 0.15) is 54.7 Å². The van der Waals surface area contributed by atoms with Gasteiger partial charge in [0, 0.05) is 12.1 Å². The molecule has 0 bridgehead atoms. The third-order valence-corrected chi connectivity index (χ3v) is 5.74. The molecule has 26 heavy (non-hydrogen) atoms. The lowest BCUT2D eigenvalue weighted by atomic mass is 9.80. The second kappa shape index (κ2) is 8.50. The monoisotopic (exact) mass is 363 g/mol. The van der Waals surface area contributed by atoms with Gasteiger partial charge in [0.05, 0.1) is 5.92 Å². The van der Waals surface area contributed by atoms with Gasteiger partial charge in [0.25, 0.3) is 0 Å². The molecular formula is C19H27BFNO4. The highest BCUT2D eigenvalue weighted by atomic mass is 19.1. The number of nitrogens with zero attached hydrogens (tertiary/aromatic N) is 1. The highest BCUT2D eigenvalue weighted by molar-refractivity contribution is 6.40. The second-order valence-electron chi connectivity index (χ2n) is 7.67. The number of carboxylic acid groups (broad SMARTS) is 1. The molecule has 0 aromatic heterocycles. The van der Waals surface area contributed by atoms with E-state index in [1.54, 1.807) is 6.07 Å². The Kier molecular flexibility index (Phi) is 6.32. The summed E-state index contributed by atoms with van der Waals surface area (Å²) in [5, 5.41) is 27.7. The number of carboxylic acids is 1.